The highest BCUT2D eigenvalue weighted by molar-refractivity contribution is 7.92. The van der Waals surface area contributed by atoms with Gasteiger partial charge in [-0.1, -0.05) is 23.6 Å². The van der Waals surface area contributed by atoms with Crippen LogP contribution in [0, 0.1) is 23.5 Å². The molecule has 0 fully saturated rings. The monoisotopic (exact) mass is 850 g/mol. The number of benzene rings is 2. The lowest BCUT2D eigenvalue weighted by Crippen LogP contribution is -2.35. The molecule has 1 aliphatic rings. The Morgan fingerprint density at radius 3 is 2.36 bits per heavy atom. The standard InChI is InChI=1S/C38H37ClF6N8O4S/c1-37(2,55)11-10-26-28(51(3)4)17-24(22-7-8-25(39)30-33(22)52(5)49-36(30)50-58(6,56)57)31(47-26)27(15-19-13-20(40)16-21(41)14-19)46-29(54)18-53-34-23(9-12-38(34,44)45)32(48-53)35(42)43/h7-8,13-14,16-17,27,35,55H,9,12,15,18H2,1-6H3,(H,46,54)(H,49,50)/t27-/m0/s1. The van der Waals surface area contributed by atoms with Crippen LogP contribution in [0.3, 0.4) is 0 Å². The Balaban J connectivity index is 1.60. The van der Waals surface area contributed by atoms with E-state index < -0.39 is 75.9 Å². The minimum absolute atomic E-state index is 0.00963. The molecule has 5 aromatic rings. The molecule has 1 amide bonds. The number of halogens is 7. The lowest BCUT2D eigenvalue weighted by atomic mass is 9.93. The summed E-state index contributed by atoms with van der Waals surface area (Å²) < 4.78 is 116. The Morgan fingerprint density at radius 1 is 1.09 bits per heavy atom. The first-order chi connectivity index (χ1) is 26.9. The third-order valence-corrected chi connectivity index (χ3v) is 10.0. The summed E-state index contributed by atoms with van der Waals surface area (Å²) in [7, 11) is 1.05. The summed E-state index contributed by atoms with van der Waals surface area (Å²) in [6, 6.07) is 6.03. The largest absolute Gasteiger partial charge is 0.378 e. The Morgan fingerprint density at radius 2 is 1.76 bits per heavy atom. The smallest absolute Gasteiger partial charge is 0.290 e. The summed E-state index contributed by atoms with van der Waals surface area (Å²) in [4.78, 5) is 20.5. The second-order valence-corrected chi connectivity index (χ2v) is 16.8. The predicted molar refractivity (Wildman–Crippen MR) is 205 cm³/mol. The van der Waals surface area contributed by atoms with E-state index in [-0.39, 0.29) is 62.7 Å². The molecule has 12 nitrogen and oxygen atoms in total. The van der Waals surface area contributed by atoms with Gasteiger partial charge in [0.2, 0.25) is 15.9 Å². The number of sulfonamides is 1. The van der Waals surface area contributed by atoms with Gasteiger partial charge in [-0.25, -0.2) is 31.0 Å². The van der Waals surface area contributed by atoms with Crippen LogP contribution in [0.5, 0.6) is 0 Å². The van der Waals surface area contributed by atoms with Gasteiger partial charge in [-0.05, 0) is 62.4 Å². The Hall–Kier alpha value is -5.32. The number of hydrogen-bond acceptors (Lipinski definition) is 8. The second-order valence-electron chi connectivity index (χ2n) is 14.6. The number of carbonyl (C=O) groups is 1. The van der Waals surface area contributed by atoms with Gasteiger partial charge in [0.05, 0.1) is 39.6 Å². The molecule has 0 aliphatic heterocycles. The van der Waals surface area contributed by atoms with Gasteiger partial charge in [-0.3, -0.25) is 18.9 Å². The highest BCUT2D eigenvalue weighted by atomic mass is 35.5. The fraction of sp³-hybridized carbons (Fsp3) is 0.368. The SMILES string of the molecule is CN(C)c1cc(-c2ccc(Cl)c3c(NS(C)(=O)=O)nn(C)c23)c([C@H](Cc2cc(F)cc(F)c2)NC(=O)Cn2nc(C(F)F)c3c2C(F)(F)CC3)nc1C#CC(C)(C)O. The number of nitrogens with one attached hydrogen (secondary N) is 2. The van der Waals surface area contributed by atoms with Gasteiger partial charge in [0, 0.05) is 50.3 Å². The molecule has 1 aliphatic carbocycles. The number of aliphatic hydroxyl groups is 1. The van der Waals surface area contributed by atoms with Crippen molar-refractivity contribution in [2.24, 2.45) is 7.05 Å². The van der Waals surface area contributed by atoms with E-state index >= 15 is 8.78 Å². The zero-order chi connectivity index (χ0) is 42.6. The summed E-state index contributed by atoms with van der Waals surface area (Å²) in [6.07, 6.45) is -3.75. The van der Waals surface area contributed by atoms with E-state index in [2.05, 4.69) is 32.1 Å². The van der Waals surface area contributed by atoms with Crippen molar-refractivity contribution in [2.75, 3.05) is 30.0 Å². The number of aromatic nitrogens is 5. The number of pyridine rings is 1. The molecule has 1 atom stereocenters. The molecule has 6 rings (SSSR count). The van der Waals surface area contributed by atoms with Crippen molar-refractivity contribution in [3.05, 3.63) is 87.0 Å². The van der Waals surface area contributed by atoms with Gasteiger partial charge in [0.15, 0.2) is 5.82 Å². The molecule has 0 unspecified atom stereocenters. The predicted octanol–water partition coefficient (Wildman–Crippen LogP) is 6.40. The Bertz CT molecular complexity index is 2610. The lowest BCUT2D eigenvalue weighted by molar-refractivity contribution is -0.122. The molecule has 0 saturated carbocycles. The summed E-state index contributed by atoms with van der Waals surface area (Å²) in [5.74, 6) is -0.979. The lowest BCUT2D eigenvalue weighted by Gasteiger charge is -2.25. The van der Waals surface area contributed by atoms with E-state index in [4.69, 9.17) is 16.6 Å². The average molecular weight is 851 g/mol. The molecule has 0 spiro atoms. The van der Waals surface area contributed by atoms with E-state index in [0.29, 0.717) is 22.0 Å². The molecule has 0 saturated heterocycles. The fourth-order valence-electron chi connectivity index (χ4n) is 6.91. The van der Waals surface area contributed by atoms with Crippen molar-refractivity contribution in [1.82, 2.24) is 29.9 Å². The first-order valence-electron chi connectivity index (χ1n) is 17.5. The van der Waals surface area contributed by atoms with Crippen molar-refractivity contribution in [1.29, 1.82) is 0 Å². The fourth-order valence-corrected chi connectivity index (χ4v) is 7.64. The molecule has 0 bridgehead atoms. The summed E-state index contributed by atoms with van der Waals surface area (Å²) >= 11 is 6.63. The summed E-state index contributed by atoms with van der Waals surface area (Å²) in [5, 5.41) is 21.5. The van der Waals surface area contributed by atoms with Crippen molar-refractivity contribution >= 4 is 49.9 Å². The van der Waals surface area contributed by atoms with Gasteiger partial charge in [0.1, 0.15) is 40.9 Å². The minimum Gasteiger partial charge on any atom is -0.378 e. The van der Waals surface area contributed by atoms with Crippen LogP contribution in [-0.2, 0) is 47.2 Å². The molecule has 3 aromatic heterocycles. The molecule has 20 heteroatoms. The summed E-state index contributed by atoms with van der Waals surface area (Å²) in [5.41, 5.74) is -2.12. The van der Waals surface area contributed by atoms with Crippen LogP contribution in [0.1, 0.15) is 66.6 Å². The number of alkyl halides is 4. The van der Waals surface area contributed by atoms with Crippen molar-refractivity contribution in [3.8, 4) is 23.0 Å². The number of nitrogens with zero attached hydrogens (tertiary/aromatic N) is 6. The number of amides is 1. The molecular formula is C38H37ClF6N8O4S. The van der Waals surface area contributed by atoms with Crippen molar-refractivity contribution < 1.29 is 44.7 Å². The van der Waals surface area contributed by atoms with E-state index in [0.717, 1.165) is 18.4 Å². The molecule has 2 aromatic carbocycles. The zero-order valence-electron chi connectivity index (χ0n) is 31.9. The van der Waals surface area contributed by atoms with Gasteiger partial charge in [-0.15, -0.1) is 0 Å². The zero-order valence-corrected chi connectivity index (χ0v) is 33.4. The van der Waals surface area contributed by atoms with Gasteiger partial charge in [0.25, 0.3) is 12.3 Å². The van der Waals surface area contributed by atoms with Crippen molar-refractivity contribution in [2.45, 2.75) is 63.6 Å². The maximum Gasteiger partial charge on any atom is 0.290 e. The van der Waals surface area contributed by atoms with Gasteiger partial charge in [-0.2, -0.15) is 19.0 Å². The maximum atomic E-state index is 15.0. The van der Waals surface area contributed by atoms with E-state index in [1.54, 1.807) is 31.1 Å². The van der Waals surface area contributed by atoms with Crippen LogP contribution in [0.15, 0.2) is 36.4 Å². The molecule has 0 radical (unpaired) electrons. The number of aryl methyl sites for hydroxylation is 1. The third kappa shape index (κ3) is 8.88. The van der Waals surface area contributed by atoms with Crippen molar-refractivity contribution in [3.63, 3.8) is 0 Å². The first kappa shape index (κ1) is 42.3. The average Bonchev–Trinajstić information content (AvgIpc) is 3.73. The topological polar surface area (TPSA) is 147 Å². The van der Waals surface area contributed by atoms with Gasteiger partial charge >= 0.3 is 0 Å². The maximum absolute atomic E-state index is 15.0. The molecular weight excluding hydrogens is 814 g/mol. The molecule has 3 heterocycles. The molecule has 3 N–H and O–H groups in total. The van der Waals surface area contributed by atoms with Gasteiger partial charge < -0.3 is 15.3 Å². The van der Waals surface area contributed by atoms with Crippen LogP contribution >= 0.6 is 11.6 Å². The first-order valence-corrected chi connectivity index (χ1v) is 19.8. The second kappa shape index (κ2) is 15.5. The van der Waals surface area contributed by atoms with Crippen LogP contribution in [0.25, 0.3) is 22.0 Å². The minimum atomic E-state index is -3.85. The Kier molecular flexibility index (Phi) is 11.3. The van der Waals surface area contributed by atoms with Crippen LogP contribution in [0.4, 0.5) is 37.8 Å². The molecule has 58 heavy (non-hydrogen) atoms. The number of carbonyl (C=O) groups excluding carboxylic acids is 1. The van der Waals surface area contributed by atoms with Crippen LogP contribution < -0.4 is 14.9 Å². The number of fused-ring (bicyclic) bond motifs is 2. The highest BCUT2D eigenvalue weighted by Crippen LogP contribution is 2.45. The van der Waals surface area contributed by atoms with E-state index in [9.17, 15) is 35.9 Å². The number of rotatable bonds is 11. The van der Waals surface area contributed by atoms with E-state index in [1.165, 1.54) is 31.6 Å². The highest BCUT2D eigenvalue weighted by Gasteiger charge is 2.46. The molecule has 308 valence electrons. The quantitative estimate of drug-likeness (QED) is 0.102. The number of anilines is 2. The number of hydrogen-bond donors (Lipinski definition) is 3. The third-order valence-electron chi connectivity index (χ3n) is 9.15. The Labute approximate surface area is 334 Å². The van der Waals surface area contributed by atoms with Crippen LogP contribution in [-0.4, -0.2) is 69.9 Å². The normalized spacial score (nSPS) is 14.3. The van der Waals surface area contributed by atoms with E-state index in [1.807, 2.05) is 0 Å². The summed E-state index contributed by atoms with van der Waals surface area (Å²) in [6.45, 7) is 1.94. The van der Waals surface area contributed by atoms with Crippen LogP contribution in [0.2, 0.25) is 5.02 Å².